The maximum absolute atomic E-state index is 12.4. The summed E-state index contributed by atoms with van der Waals surface area (Å²) in [7, 11) is 1.64. The minimum atomic E-state index is -0.938. The number of aliphatic carboxylic acids is 1. The fourth-order valence-electron chi connectivity index (χ4n) is 2.81. The lowest BCUT2D eigenvalue weighted by molar-refractivity contribution is -0.151. The van der Waals surface area contributed by atoms with Crippen molar-refractivity contribution in [2.24, 2.45) is 12.5 Å². The van der Waals surface area contributed by atoms with E-state index in [2.05, 4.69) is 5.32 Å². The second-order valence-electron chi connectivity index (χ2n) is 5.72. The molecule has 1 amide bonds. The molecule has 1 aliphatic rings. The maximum Gasteiger partial charge on any atom is 0.311 e. The number of hydrogen-bond acceptors (Lipinski definition) is 2. The molecule has 116 valence electrons. The summed E-state index contributed by atoms with van der Waals surface area (Å²) in [5, 5.41) is 12.9. The van der Waals surface area contributed by atoms with Crippen LogP contribution in [0.15, 0.2) is 6.07 Å². The van der Waals surface area contributed by atoms with Crippen molar-refractivity contribution in [3.05, 3.63) is 21.9 Å². The number of carboxylic acids is 1. The Labute approximate surface area is 133 Å². The quantitative estimate of drug-likeness (QED) is 0.893. The van der Waals surface area contributed by atoms with Crippen molar-refractivity contribution in [3.8, 4) is 0 Å². The van der Waals surface area contributed by atoms with Gasteiger partial charge in [0.25, 0.3) is 5.91 Å². The highest BCUT2D eigenvalue weighted by Gasteiger charge is 2.44. The normalized spacial score (nSPS) is 25.6. The molecule has 1 fully saturated rings. The lowest BCUT2D eigenvalue weighted by atomic mass is 9.71. The van der Waals surface area contributed by atoms with E-state index in [1.165, 1.54) is 10.6 Å². The fraction of sp³-hybridized carbons (Fsp3) is 0.571. The molecule has 1 heterocycles. The zero-order chi connectivity index (χ0) is 15.8. The van der Waals surface area contributed by atoms with Gasteiger partial charge in [0.15, 0.2) is 0 Å². The van der Waals surface area contributed by atoms with Gasteiger partial charge in [-0.05, 0) is 25.8 Å². The molecule has 0 saturated heterocycles. The summed E-state index contributed by atoms with van der Waals surface area (Å²) < 4.78 is 1.49. The van der Waals surface area contributed by atoms with Crippen molar-refractivity contribution in [3.63, 3.8) is 0 Å². The van der Waals surface area contributed by atoms with Gasteiger partial charge in [-0.2, -0.15) is 0 Å². The summed E-state index contributed by atoms with van der Waals surface area (Å²) in [6, 6.07) is 1.09. The molecule has 21 heavy (non-hydrogen) atoms. The monoisotopic (exact) mass is 332 g/mol. The summed E-state index contributed by atoms with van der Waals surface area (Å²) in [6.45, 7) is 1.68. The van der Waals surface area contributed by atoms with Crippen LogP contribution >= 0.6 is 23.2 Å². The molecule has 0 aromatic carbocycles. The predicted molar refractivity (Wildman–Crippen MR) is 80.9 cm³/mol. The van der Waals surface area contributed by atoms with Crippen LogP contribution < -0.4 is 5.32 Å². The number of nitrogens with zero attached hydrogens (tertiary/aromatic N) is 1. The van der Waals surface area contributed by atoms with Gasteiger partial charge in [0.05, 0.1) is 10.4 Å². The van der Waals surface area contributed by atoms with Crippen molar-refractivity contribution in [1.82, 2.24) is 9.88 Å². The number of carbonyl (C=O) groups excluding carboxylic acids is 1. The molecular weight excluding hydrogens is 315 g/mol. The van der Waals surface area contributed by atoms with Crippen LogP contribution in [0, 0.1) is 5.41 Å². The SMILES string of the molecule is Cn1c(C(=O)NC2CCCCC2(C)C(=O)O)cc(Cl)c1Cl. The molecular formula is C14H18Cl2N2O3. The Bertz CT molecular complexity index is 585. The van der Waals surface area contributed by atoms with Gasteiger partial charge in [-0.15, -0.1) is 0 Å². The van der Waals surface area contributed by atoms with Crippen molar-refractivity contribution in [2.75, 3.05) is 0 Å². The van der Waals surface area contributed by atoms with Gasteiger partial charge < -0.3 is 15.0 Å². The van der Waals surface area contributed by atoms with Crippen LogP contribution in [-0.2, 0) is 11.8 Å². The van der Waals surface area contributed by atoms with Crippen LogP contribution in [0.2, 0.25) is 10.2 Å². The fourth-order valence-corrected chi connectivity index (χ4v) is 3.19. The molecule has 0 radical (unpaired) electrons. The predicted octanol–water partition coefficient (Wildman–Crippen LogP) is 3.10. The van der Waals surface area contributed by atoms with Crippen molar-refractivity contribution in [1.29, 1.82) is 0 Å². The molecule has 2 unspecified atom stereocenters. The van der Waals surface area contributed by atoms with Crippen LogP contribution in [0.3, 0.4) is 0 Å². The summed E-state index contributed by atoms with van der Waals surface area (Å²) in [5.41, 5.74) is -0.615. The minimum absolute atomic E-state index is 0.284. The first-order chi connectivity index (χ1) is 9.77. The Morgan fingerprint density at radius 1 is 1.43 bits per heavy atom. The summed E-state index contributed by atoms with van der Waals surface area (Å²) in [6.07, 6.45) is 2.97. The highest BCUT2D eigenvalue weighted by atomic mass is 35.5. The zero-order valence-corrected chi connectivity index (χ0v) is 13.5. The number of halogens is 2. The van der Waals surface area contributed by atoms with E-state index >= 15 is 0 Å². The lowest BCUT2D eigenvalue weighted by Crippen LogP contribution is -2.52. The Morgan fingerprint density at radius 2 is 2.10 bits per heavy atom. The van der Waals surface area contributed by atoms with E-state index in [1.54, 1.807) is 14.0 Å². The molecule has 2 N–H and O–H groups in total. The highest BCUT2D eigenvalue weighted by molar-refractivity contribution is 6.41. The first kappa shape index (κ1) is 16.2. The first-order valence-electron chi connectivity index (χ1n) is 6.82. The molecule has 1 aromatic heterocycles. The van der Waals surface area contributed by atoms with E-state index < -0.39 is 17.4 Å². The second kappa shape index (κ2) is 5.89. The second-order valence-corrected chi connectivity index (χ2v) is 6.49. The van der Waals surface area contributed by atoms with Crippen LogP contribution in [0.5, 0.6) is 0 Å². The molecule has 1 aromatic rings. The molecule has 5 nitrogen and oxygen atoms in total. The molecule has 0 aliphatic heterocycles. The maximum atomic E-state index is 12.4. The average molecular weight is 333 g/mol. The number of amides is 1. The van der Waals surface area contributed by atoms with E-state index in [-0.39, 0.29) is 11.1 Å². The first-order valence-corrected chi connectivity index (χ1v) is 7.58. The van der Waals surface area contributed by atoms with Gasteiger partial charge in [-0.25, -0.2) is 0 Å². The van der Waals surface area contributed by atoms with E-state index in [1.807, 2.05) is 0 Å². The van der Waals surface area contributed by atoms with Crippen LogP contribution in [0.1, 0.15) is 43.1 Å². The van der Waals surface area contributed by atoms with Crippen LogP contribution in [-0.4, -0.2) is 27.6 Å². The van der Waals surface area contributed by atoms with E-state index in [0.29, 0.717) is 23.6 Å². The number of rotatable bonds is 3. The van der Waals surface area contributed by atoms with Gasteiger partial charge in [-0.1, -0.05) is 36.0 Å². The third kappa shape index (κ3) is 2.90. The number of carbonyl (C=O) groups is 2. The summed E-state index contributed by atoms with van der Waals surface area (Å²) in [5.74, 6) is -1.24. The van der Waals surface area contributed by atoms with Crippen LogP contribution in [0.4, 0.5) is 0 Å². The Kier molecular flexibility index (Phi) is 4.54. The van der Waals surface area contributed by atoms with Gasteiger partial charge in [0.1, 0.15) is 10.8 Å². The molecule has 2 rings (SSSR count). The minimum Gasteiger partial charge on any atom is -0.481 e. The number of carboxylic acid groups (broad SMARTS) is 1. The molecule has 0 bridgehead atoms. The van der Waals surface area contributed by atoms with Crippen molar-refractivity contribution in [2.45, 2.75) is 38.6 Å². The number of hydrogen-bond donors (Lipinski definition) is 2. The van der Waals surface area contributed by atoms with Gasteiger partial charge in [-0.3, -0.25) is 9.59 Å². The van der Waals surface area contributed by atoms with E-state index in [4.69, 9.17) is 23.2 Å². The molecule has 2 atom stereocenters. The largest absolute Gasteiger partial charge is 0.481 e. The van der Waals surface area contributed by atoms with Gasteiger partial charge >= 0.3 is 5.97 Å². The average Bonchev–Trinajstić information content (AvgIpc) is 2.69. The lowest BCUT2D eigenvalue weighted by Gasteiger charge is -2.38. The third-order valence-electron chi connectivity index (χ3n) is 4.35. The summed E-state index contributed by atoms with van der Waals surface area (Å²) >= 11 is 11.8. The topological polar surface area (TPSA) is 71.3 Å². The van der Waals surface area contributed by atoms with E-state index in [9.17, 15) is 14.7 Å². The Hall–Kier alpha value is -1.20. The Morgan fingerprint density at radius 3 is 2.62 bits per heavy atom. The standard InChI is InChI=1S/C14H18Cl2N2O3/c1-14(13(20)21)6-4-3-5-10(14)17-12(19)9-7-8(15)11(16)18(9)2/h7,10H,3-6H2,1-2H3,(H,17,19)(H,20,21). The third-order valence-corrected chi connectivity index (χ3v) is 5.19. The molecule has 7 heteroatoms. The van der Waals surface area contributed by atoms with E-state index in [0.717, 1.165) is 12.8 Å². The van der Waals surface area contributed by atoms with Crippen molar-refractivity contribution >= 4 is 35.1 Å². The summed E-state index contributed by atoms with van der Waals surface area (Å²) in [4.78, 5) is 23.9. The smallest absolute Gasteiger partial charge is 0.311 e. The Balaban J connectivity index is 2.21. The van der Waals surface area contributed by atoms with Crippen LogP contribution in [0.25, 0.3) is 0 Å². The van der Waals surface area contributed by atoms with Gasteiger partial charge in [0.2, 0.25) is 0 Å². The van der Waals surface area contributed by atoms with Gasteiger partial charge in [0, 0.05) is 13.1 Å². The zero-order valence-electron chi connectivity index (χ0n) is 11.9. The number of aromatic nitrogens is 1. The molecule has 1 saturated carbocycles. The molecule has 0 spiro atoms. The molecule has 1 aliphatic carbocycles. The van der Waals surface area contributed by atoms with Crippen molar-refractivity contribution < 1.29 is 14.7 Å². The highest BCUT2D eigenvalue weighted by Crippen LogP contribution is 2.36. The number of nitrogens with one attached hydrogen (secondary N) is 1.